The molecule has 0 heterocycles. The van der Waals surface area contributed by atoms with Gasteiger partial charge in [0.25, 0.3) is 0 Å². The van der Waals surface area contributed by atoms with Crippen molar-refractivity contribution < 1.29 is 9.59 Å². The average Bonchev–Trinajstić information content (AvgIpc) is 2.19. The molecular weight excluding hydrogens is 188 g/mol. The topological polar surface area (TPSA) is 34.1 Å². The average molecular weight is 206 g/mol. The van der Waals surface area contributed by atoms with Gasteiger partial charge in [0.05, 0.1) is 0 Å². The normalized spacial score (nSPS) is 9.13. The molecule has 0 unspecified atom stereocenters. The zero-order chi connectivity index (χ0) is 10.4. The lowest BCUT2D eigenvalue weighted by Crippen LogP contribution is -1.92. The van der Waals surface area contributed by atoms with Crippen molar-refractivity contribution in [3.63, 3.8) is 0 Å². The SMILES string of the molecule is C.CC(=O)c1ccc(CCCC=O)cc1. The van der Waals surface area contributed by atoms with Crippen molar-refractivity contribution in [3.05, 3.63) is 35.4 Å². The summed E-state index contributed by atoms with van der Waals surface area (Å²) < 4.78 is 0. The van der Waals surface area contributed by atoms with Crippen LogP contribution in [0.2, 0.25) is 0 Å². The van der Waals surface area contributed by atoms with Gasteiger partial charge in [0.1, 0.15) is 6.29 Å². The molecule has 2 nitrogen and oxygen atoms in total. The summed E-state index contributed by atoms with van der Waals surface area (Å²) >= 11 is 0. The van der Waals surface area contributed by atoms with Crippen LogP contribution in [0.15, 0.2) is 24.3 Å². The Morgan fingerprint density at radius 3 is 2.33 bits per heavy atom. The van der Waals surface area contributed by atoms with Crippen LogP contribution in [-0.2, 0) is 11.2 Å². The fourth-order valence-corrected chi connectivity index (χ4v) is 1.30. The van der Waals surface area contributed by atoms with Crippen LogP contribution >= 0.6 is 0 Å². The molecule has 0 radical (unpaired) electrons. The number of benzene rings is 1. The summed E-state index contributed by atoms with van der Waals surface area (Å²) in [6, 6.07) is 7.56. The molecule has 0 aliphatic carbocycles. The van der Waals surface area contributed by atoms with Gasteiger partial charge in [-0.1, -0.05) is 31.7 Å². The molecule has 0 aliphatic rings. The van der Waals surface area contributed by atoms with E-state index in [0.29, 0.717) is 6.42 Å². The molecule has 0 saturated carbocycles. The van der Waals surface area contributed by atoms with Gasteiger partial charge in [-0.05, 0) is 25.3 Å². The Morgan fingerprint density at radius 2 is 1.87 bits per heavy atom. The molecule has 82 valence electrons. The predicted octanol–water partition coefficient (Wildman–Crippen LogP) is 3.05. The quantitative estimate of drug-likeness (QED) is 0.421. The smallest absolute Gasteiger partial charge is 0.159 e. The van der Waals surface area contributed by atoms with E-state index in [1.165, 1.54) is 5.56 Å². The van der Waals surface area contributed by atoms with Crippen LogP contribution in [0, 0.1) is 0 Å². The summed E-state index contributed by atoms with van der Waals surface area (Å²) in [5.41, 5.74) is 1.92. The first kappa shape index (κ1) is 13.6. The Hall–Kier alpha value is -1.44. The minimum absolute atomic E-state index is 0. The van der Waals surface area contributed by atoms with Crippen molar-refractivity contribution in [2.45, 2.75) is 33.6 Å². The number of carbonyl (C=O) groups excluding carboxylic acids is 2. The molecule has 0 aromatic heterocycles. The second-order valence-electron chi connectivity index (χ2n) is 3.31. The molecule has 1 aromatic carbocycles. The maximum atomic E-state index is 11.0. The van der Waals surface area contributed by atoms with Crippen molar-refractivity contribution in [2.75, 3.05) is 0 Å². The molecule has 15 heavy (non-hydrogen) atoms. The number of aldehydes is 1. The number of aryl methyl sites for hydroxylation is 1. The molecule has 0 amide bonds. The monoisotopic (exact) mass is 206 g/mol. The largest absolute Gasteiger partial charge is 0.303 e. The highest BCUT2D eigenvalue weighted by Crippen LogP contribution is 2.07. The number of ketones is 1. The van der Waals surface area contributed by atoms with Gasteiger partial charge in [-0.25, -0.2) is 0 Å². The highest BCUT2D eigenvalue weighted by molar-refractivity contribution is 5.93. The van der Waals surface area contributed by atoms with Gasteiger partial charge >= 0.3 is 0 Å². The maximum absolute atomic E-state index is 11.0. The molecule has 1 aromatic rings. The van der Waals surface area contributed by atoms with Crippen molar-refractivity contribution >= 4 is 12.1 Å². The maximum Gasteiger partial charge on any atom is 0.159 e. The van der Waals surface area contributed by atoms with Crippen molar-refractivity contribution in [3.8, 4) is 0 Å². The van der Waals surface area contributed by atoms with E-state index in [1.54, 1.807) is 6.92 Å². The molecule has 0 spiro atoms. The van der Waals surface area contributed by atoms with Crippen molar-refractivity contribution in [2.24, 2.45) is 0 Å². The van der Waals surface area contributed by atoms with Gasteiger partial charge in [-0.2, -0.15) is 0 Å². The third-order valence-electron chi connectivity index (χ3n) is 2.15. The van der Waals surface area contributed by atoms with Crippen molar-refractivity contribution in [1.29, 1.82) is 0 Å². The lowest BCUT2D eigenvalue weighted by atomic mass is 10.1. The molecule has 0 aliphatic heterocycles. The van der Waals surface area contributed by atoms with E-state index >= 15 is 0 Å². The number of unbranched alkanes of at least 4 members (excludes halogenated alkanes) is 1. The molecule has 0 fully saturated rings. The molecule has 2 heteroatoms. The fraction of sp³-hybridized carbons (Fsp3) is 0.385. The molecular formula is C13H18O2. The summed E-state index contributed by atoms with van der Waals surface area (Å²) in [5, 5.41) is 0. The minimum atomic E-state index is 0. The highest BCUT2D eigenvalue weighted by Gasteiger charge is 1.98. The Balaban J connectivity index is 0.00000196. The highest BCUT2D eigenvalue weighted by atomic mass is 16.1. The van der Waals surface area contributed by atoms with Crippen LogP contribution in [-0.4, -0.2) is 12.1 Å². The van der Waals surface area contributed by atoms with Crippen LogP contribution in [0.3, 0.4) is 0 Å². The second-order valence-corrected chi connectivity index (χ2v) is 3.31. The number of carbonyl (C=O) groups is 2. The molecule has 0 saturated heterocycles. The lowest BCUT2D eigenvalue weighted by molar-refractivity contribution is -0.107. The molecule has 1 rings (SSSR count). The fourth-order valence-electron chi connectivity index (χ4n) is 1.30. The number of hydrogen-bond donors (Lipinski definition) is 0. The number of hydrogen-bond acceptors (Lipinski definition) is 2. The summed E-state index contributed by atoms with van der Waals surface area (Å²) in [7, 11) is 0. The van der Waals surface area contributed by atoms with Gasteiger partial charge in [0.15, 0.2) is 5.78 Å². The summed E-state index contributed by atoms with van der Waals surface area (Å²) in [5.74, 6) is 0.0874. The second kappa shape index (κ2) is 6.93. The van der Waals surface area contributed by atoms with Crippen LogP contribution in [0.25, 0.3) is 0 Å². The summed E-state index contributed by atoms with van der Waals surface area (Å²) in [6.07, 6.45) is 3.32. The van der Waals surface area contributed by atoms with E-state index in [4.69, 9.17) is 0 Å². The van der Waals surface area contributed by atoms with E-state index < -0.39 is 0 Å². The number of Topliss-reactive ketones (excluding diaryl/α,β-unsaturated/α-hetero) is 1. The van der Waals surface area contributed by atoms with Crippen LogP contribution in [0.1, 0.15) is 43.1 Å². The van der Waals surface area contributed by atoms with Crippen LogP contribution in [0.5, 0.6) is 0 Å². The number of rotatable bonds is 5. The zero-order valence-corrected chi connectivity index (χ0v) is 8.32. The van der Waals surface area contributed by atoms with E-state index in [1.807, 2.05) is 24.3 Å². The Morgan fingerprint density at radius 1 is 1.27 bits per heavy atom. The van der Waals surface area contributed by atoms with E-state index in [2.05, 4.69) is 0 Å². The summed E-state index contributed by atoms with van der Waals surface area (Å²) in [4.78, 5) is 21.1. The Bertz CT molecular complexity index is 312. The zero-order valence-electron chi connectivity index (χ0n) is 8.32. The Kier molecular flexibility index (Phi) is 6.27. The molecule has 0 N–H and O–H groups in total. The first-order valence-electron chi connectivity index (χ1n) is 4.77. The Labute approximate surface area is 91.3 Å². The van der Waals surface area contributed by atoms with Crippen molar-refractivity contribution in [1.82, 2.24) is 0 Å². The third kappa shape index (κ3) is 4.54. The van der Waals surface area contributed by atoms with Crippen LogP contribution < -0.4 is 0 Å². The van der Waals surface area contributed by atoms with Gasteiger partial charge in [0.2, 0.25) is 0 Å². The van der Waals surface area contributed by atoms with E-state index in [-0.39, 0.29) is 13.2 Å². The van der Waals surface area contributed by atoms with Gasteiger partial charge in [-0.3, -0.25) is 4.79 Å². The minimum Gasteiger partial charge on any atom is -0.303 e. The third-order valence-corrected chi connectivity index (χ3v) is 2.15. The van der Waals surface area contributed by atoms with E-state index in [0.717, 1.165) is 24.7 Å². The molecule has 0 bridgehead atoms. The summed E-state index contributed by atoms with van der Waals surface area (Å²) in [6.45, 7) is 1.56. The first-order valence-corrected chi connectivity index (χ1v) is 4.77. The van der Waals surface area contributed by atoms with Gasteiger partial charge < -0.3 is 4.79 Å². The van der Waals surface area contributed by atoms with Crippen LogP contribution in [0.4, 0.5) is 0 Å². The standard InChI is InChI=1S/C12H14O2.CH4/c1-10(14)12-7-5-11(6-8-12)4-2-3-9-13;/h5-9H,2-4H2,1H3;1H4. The molecule has 0 atom stereocenters. The van der Waals surface area contributed by atoms with E-state index in [9.17, 15) is 9.59 Å². The lowest BCUT2D eigenvalue weighted by Gasteiger charge is -2.00. The van der Waals surface area contributed by atoms with Gasteiger partial charge in [0, 0.05) is 12.0 Å². The first-order chi connectivity index (χ1) is 6.74. The van der Waals surface area contributed by atoms with Gasteiger partial charge in [-0.15, -0.1) is 0 Å². The predicted molar refractivity (Wildman–Crippen MR) is 62.2 cm³/mol.